The SMILES string of the molecule is CC(C)c1cc(Cl)cc(C(C)C2CC2)c1C(C)(C)C. The molecule has 0 aromatic heterocycles. The van der Waals surface area contributed by atoms with Gasteiger partial charge in [0, 0.05) is 5.02 Å². The zero-order valence-corrected chi connectivity index (χ0v) is 13.9. The number of hydrogen-bond acceptors (Lipinski definition) is 0. The lowest BCUT2D eigenvalue weighted by molar-refractivity contribution is 0.549. The largest absolute Gasteiger partial charge is 0.0843 e. The number of halogens is 1. The highest BCUT2D eigenvalue weighted by atomic mass is 35.5. The fraction of sp³-hybridized carbons (Fsp3) is 0.667. The molecule has 0 nitrogen and oxygen atoms in total. The molecule has 0 spiro atoms. The summed E-state index contributed by atoms with van der Waals surface area (Å²) < 4.78 is 0. The summed E-state index contributed by atoms with van der Waals surface area (Å²) in [5.41, 5.74) is 4.64. The van der Waals surface area contributed by atoms with Crippen LogP contribution in [0.1, 0.15) is 82.9 Å². The molecule has 2 rings (SSSR count). The van der Waals surface area contributed by atoms with E-state index in [9.17, 15) is 0 Å². The predicted octanol–water partition coefficient (Wildman–Crippen LogP) is 6.27. The molecular formula is C18H27Cl. The standard InChI is InChI=1S/C18H27Cl/c1-11(2)15-9-14(19)10-16(12(3)13-7-8-13)17(15)18(4,5)6/h9-13H,7-8H2,1-6H3. The Bertz CT molecular complexity index is 461. The van der Waals surface area contributed by atoms with Gasteiger partial charge in [-0.3, -0.25) is 0 Å². The minimum atomic E-state index is 0.183. The Morgan fingerprint density at radius 2 is 1.58 bits per heavy atom. The molecule has 0 saturated heterocycles. The molecule has 0 N–H and O–H groups in total. The minimum Gasteiger partial charge on any atom is -0.0843 e. The molecule has 0 bridgehead atoms. The fourth-order valence-corrected chi connectivity index (χ4v) is 3.42. The Labute approximate surface area is 123 Å². The maximum Gasteiger partial charge on any atom is 0.0411 e. The molecule has 0 heterocycles. The molecule has 1 atom stereocenters. The van der Waals surface area contributed by atoms with Crippen LogP contribution in [0.25, 0.3) is 0 Å². The molecule has 1 aromatic carbocycles. The van der Waals surface area contributed by atoms with Crippen LogP contribution in [0, 0.1) is 5.92 Å². The number of hydrogen-bond donors (Lipinski definition) is 0. The van der Waals surface area contributed by atoms with E-state index in [0.29, 0.717) is 11.8 Å². The summed E-state index contributed by atoms with van der Waals surface area (Å²) in [4.78, 5) is 0. The zero-order chi connectivity index (χ0) is 14.4. The predicted molar refractivity (Wildman–Crippen MR) is 85.4 cm³/mol. The Hall–Kier alpha value is -0.490. The second-order valence-corrected chi connectivity index (χ2v) is 7.93. The van der Waals surface area contributed by atoms with Crippen LogP contribution in [-0.4, -0.2) is 0 Å². The third-order valence-corrected chi connectivity index (χ3v) is 4.57. The first-order valence-corrected chi connectivity index (χ1v) is 7.93. The molecule has 0 amide bonds. The molecule has 1 aromatic rings. The summed E-state index contributed by atoms with van der Waals surface area (Å²) in [6, 6.07) is 4.40. The molecule has 1 unspecified atom stereocenters. The smallest absolute Gasteiger partial charge is 0.0411 e. The molecule has 0 radical (unpaired) electrons. The molecule has 1 aliphatic carbocycles. The van der Waals surface area contributed by atoms with E-state index >= 15 is 0 Å². The highest BCUT2D eigenvalue weighted by Gasteiger charge is 2.33. The molecule has 1 aliphatic rings. The van der Waals surface area contributed by atoms with Gasteiger partial charge < -0.3 is 0 Å². The van der Waals surface area contributed by atoms with Crippen LogP contribution < -0.4 is 0 Å². The molecule has 1 heteroatoms. The van der Waals surface area contributed by atoms with E-state index in [1.807, 2.05) is 0 Å². The van der Waals surface area contributed by atoms with Gasteiger partial charge in [0.15, 0.2) is 0 Å². The summed E-state index contributed by atoms with van der Waals surface area (Å²) >= 11 is 6.39. The van der Waals surface area contributed by atoms with Gasteiger partial charge in [0.1, 0.15) is 0 Å². The maximum atomic E-state index is 6.39. The Morgan fingerprint density at radius 1 is 1.05 bits per heavy atom. The van der Waals surface area contributed by atoms with Crippen molar-refractivity contribution in [1.82, 2.24) is 0 Å². The van der Waals surface area contributed by atoms with Crippen molar-refractivity contribution < 1.29 is 0 Å². The second-order valence-electron chi connectivity index (χ2n) is 7.49. The first-order chi connectivity index (χ1) is 8.71. The third-order valence-electron chi connectivity index (χ3n) is 4.36. The van der Waals surface area contributed by atoms with E-state index < -0.39 is 0 Å². The lowest BCUT2D eigenvalue weighted by atomic mass is 9.74. The van der Waals surface area contributed by atoms with Gasteiger partial charge in [-0.05, 0) is 64.8 Å². The van der Waals surface area contributed by atoms with Crippen LogP contribution in [0.15, 0.2) is 12.1 Å². The van der Waals surface area contributed by atoms with Crippen LogP contribution in [0.4, 0.5) is 0 Å². The molecule has 1 saturated carbocycles. The zero-order valence-electron chi connectivity index (χ0n) is 13.2. The molecular weight excluding hydrogens is 252 g/mol. The summed E-state index contributed by atoms with van der Waals surface area (Å²) in [5, 5.41) is 0.902. The van der Waals surface area contributed by atoms with Gasteiger partial charge in [0.2, 0.25) is 0 Å². The summed E-state index contributed by atoms with van der Waals surface area (Å²) in [6.45, 7) is 13.9. The van der Waals surface area contributed by atoms with Crippen LogP contribution in [-0.2, 0) is 5.41 Å². The fourth-order valence-electron chi connectivity index (χ4n) is 3.18. The first-order valence-electron chi connectivity index (χ1n) is 7.55. The van der Waals surface area contributed by atoms with Gasteiger partial charge >= 0.3 is 0 Å². The van der Waals surface area contributed by atoms with Crippen LogP contribution >= 0.6 is 11.6 Å². The maximum absolute atomic E-state index is 6.39. The van der Waals surface area contributed by atoms with Crippen LogP contribution in [0.5, 0.6) is 0 Å². The minimum absolute atomic E-state index is 0.183. The van der Waals surface area contributed by atoms with Crippen LogP contribution in [0.3, 0.4) is 0 Å². The van der Waals surface area contributed by atoms with E-state index in [1.165, 1.54) is 29.5 Å². The average Bonchev–Trinajstić information content (AvgIpc) is 3.08. The Kier molecular flexibility index (Phi) is 4.02. The van der Waals surface area contributed by atoms with Crippen LogP contribution in [0.2, 0.25) is 5.02 Å². The van der Waals surface area contributed by atoms with Gasteiger partial charge in [-0.25, -0.2) is 0 Å². The van der Waals surface area contributed by atoms with Gasteiger partial charge in [-0.1, -0.05) is 53.1 Å². The molecule has 19 heavy (non-hydrogen) atoms. The summed E-state index contributed by atoms with van der Waals surface area (Å²) in [6.07, 6.45) is 2.77. The first kappa shape index (κ1) is 14.9. The van der Waals surface area contributed by atoms with Gasteiger partial charge in [0.05, 0.1) is 0 Å². The van der Waals surface area contributed by atoms with Crippen molar-refractivity contribution in [2.45, 2.75) is 71.6 Å². The van der Waals surface area contributed by atoms with Gasteiger partial charge in [-0.15, -0.1) is 0 Å². The average molecular weight is 279 g/mol. The van der Waals surface area contributed by atoms with Gasteiger partial charge in [-0.2, -0.15) is 0 Å². The molecule has 1 fully saturated rings. The Balaban J connectivity index is 2.62. The highest BCUT2D eigenvalue weighted by Crippen LogP contribution is 2.47. The normalized spacial score (nSPS) is 17.9. The lowest BCUT2D eigenvalue weighted by Gasteiger charge is -2.31. The van der Waals surface area contributed by atoms with E-state index in [1.54, 1.807) is 0 Å². The van der Waals surface area contributed by atoms with E-state index in [2.05, 4.69) is 53.7 Å². The van der Waals surface area contributed by atoms with E-state index in [-0.39, 0.29) is 5.41 Å². The van der Waals surface area contributed by atoms with Crippen molar-refractivity contribution in [2.24, 2.45) is 5.92 Å². The number of benzene rings is 1. The molecule has 106 valence electrons. The van der Waals surface area contributed by atoms with Gasteiger partial charge in [0.25, 0.3) is 0 Å². The topological polar surface area (TPSA) is 0 Å². The van der Waals surface area contributed by atoms with E-state index in [4.69, 9.17) is 11.6 Å². The summed E-state index contributed by atoms with van der Waals surface area (Å²) in [7, 11) is 0. The van der Waals surface area contributed by atoms with Crippen molar-refractivity contribution in [3.8, 4) is 0 Å². The van der Waals surface area contributed by atoms with Crippen molar-refractivity contribution in [3.05, 3.63) is 33.8 Å². The monoisotopic (exact) mass is 278 g/mol. The van der Waals surface area contributed by atoms with Crippen molar-refractivity contribution in [1.29, 1.82) is 0 Å². The summed E-state index contributed by atoms with van der Waals surface area (Å²) in [5.74, 6) is 2.04. The van der Waals surface area contributed by atoms with Crippen molar-refractivity contribution >= 4 is 11.6 Å². The van der Waals surface area contributed by atoms with Crippen molar-refractivity contribution in [2.75, 3.05) is 0 Å². The molecule has 0 aliphatic heterocycles. The second kappa shape index (κ2) is 5.13. The quantitative estimate of drug-likeness (QED) is 0.611. The highest BCUT2D eigenvalue weighted by molar-refractivity contribution is 6.30. The number of rotatable bonds is 3. The third kappa shape index (κ3) is 3.16. The lowest BCUT2D eigenvalue weighted by Crippen LogP contribution is -2.19. The van der Waals surface area contributed by atoms with Crippen molar-refractivity contribution in [3.63, 3.8) is 0 Å². The Morgan fingerprint density at radius 3 is 2.00 bits per heavy atom. The van der Waals surface area contributed by atoms with E-state index in [0.717, 1.165) is 10.9 Å².